The largest absolute Gasteiger partial charge is 0.495 e. The molecule has 1 aromatic heterocycles. The fourth-order valence-electron chi connectivity index (χ4n) is 5.51. The van der Waals surface area contributed by atoms with Crippen LogP contribution in [-0.2, 0) is 10.5 Å². The third-order valence-corrected chi connectivity index (χ3v) is 7.13. The van der Waals surface area contributed by atoms with Crippen LogP contribution in [0.4, 0.5) is 4.39 Å². The van der Waals surface area contributed by atoms with Gasteiger partial charge in [0, 0.05) is 31.1 Å². The molecule has 3 aliphatic rings. The third-order valence-electron chi connectivity index (χ3n) is 7.13. The maximum Gasteiger partial charge on any atom is 0.245 e. The molecule has 2 aromatic carbocycles. The Kier molecular flexibility index (Phi) is 4.98. The van der Waals surface area contributed by atoms with E-state index in [4.69, 9.17) is 9.84 Å². The van der Waals surface area contributed by atoms with Crippen LogP contribution in [0.3, 0.4) is 0 Å². The van der Waals surface area contributed by atoms with E-state index in [9.17, 15) is 9.18 Å². The first-order valence-corrected chi connectivity index (χ1v) is 11.8. The monoisotopic (exact) mass is 471 g/mol. The van der Waals surface area contributed by atoms with E-state index in [1.54, 1.807) is 30.6 Å². The molecule has 3 aliphatic heterocycles. The summed E-state index contributed by atoms with van der Waals surface area (Å²) in [6, 6.07) is 12.5. The molecule has 2 saturated heterocycles. The summed E-state index contributed by atoms with van der Waals surface area (Å²) in [5, 5.41) is 6.46. The number of methoxy groups -OCH3 is 1. The lowest BCUT2D eigenvalue weighted by atomic mass is 9.91. The third kappa shape index (κ3) is 3.35. The van der Waals surface area contributed by atoms with Gasteiger partial charge in [0.25, 0.3) is 0 Å². The molecule has 0 N–H and O–H groups in total. The number of hydrogen-bond acceptors (Lipinski definition) is 5. The van der Waals surface area contributed by atoms with Gasteiger partial charge in [0.2, 0.25) is 5.91 Å². The van der Waals surface area contributed by atoms with E-state index in [0.29, 0.717) is 12.8 Å². The Morgan fingerprint density at radius 2 is 1.97 bits per heavy atom. The predicted molar refractivity (Wildman–Crippen MR) is 130 cm³/mol. The maximum absolute atomic E-state index is 13.7. The number of hydrogen-bond donors (Lipinski definition) is 0. The number of amides is 1. The summed E-state index contributed by atoms with van der Waals surface area (Å²) in [5.74, 6) is 1.28. The number of imidazole rings is 1. The van der Waals surface area contributed by atoms with E-state index in [1.807, 2.05) is 29.8 Å². The molecule has 35 heavy (non-hydrogen) atoms. The number of aryl methyl sites for hydroxylation is 1. The van der Waals surface area contributed by atoms with Crippen molar-refractivity contribution in [1.29, 1.82) is 0 Å². The van der Waals surface area contributed by atoms with Gasteiger partial charge in [-0.3, -0.25) is 4.79 Å². The van der Waals surface area contributed by atoms with Gasteiger partial charge in [-0.2, -0.15) is 0 Å². The van der Waals surface area contributed by atoms with Gasteiger partial charge in [0.05, 0.1) is 24.8 Å². The lowest BCUT2D eigenvalue weighted by Gasteiger charge is -2.42. The van der Waals surface area contributed by atoms with Gasteiger partial charge < -0.3 is 14.2 Å². The van der Waals surface area contributed by atoms with Crippen molar-refractivity contribution in [3.63, 3.8) is 0 Å². The molecule has 1 unspecified atom stereocenters. The summed E-state index contributed by atoms with van der Waals surface area (Å²) < 4.78 is 21.3. The molecule has 0 saturated carbocycles. The van der Waals surface area contributed by atoms with Crippen LogP contribution in [0, 0.1) is 12.7 Å². The number of halogens is 1. The quantitative estimate of drug-likeness (QED) is 0.558. The minimum Gasteiger partial charge on any atom is -0.495 e. The van der Waals surface area contributed by atoms with Crippen molar-refractivity contribution in [2.24, 2.45) is 5.10 Å². The number of aromatic nitrogens is 2. The average molecular weight is 472 g/mol. The number of carbonyl (C=O) groups is 1. The number of ether oxygens (including phenoxy) is 1. The summed E-state index contributed by atoms with van der Waals surface area (Å²) >= 11 is 0. The predicted octanol–water partition coefficient (Wildman–Crippen LogP) is 4.61. The van der Waals surface area contributed by atoms with Crippen molar-refractivity contribution in [3.8, 4) is 11.4 Å². The van der Waals surface area contributed by atoms with Gasteiger partial charge in [-0.15, -0.1) is 5.10 Å². The van der Waals surface area contributed by atoms with Crippen LogP contribution in [-0.4, -0.2) is 44.9 Å². The SMILES string of the molecule is COc1cc(C=C2CCCN3C2=NN2C(=O)CCC32c2ccc(F)cc2)ccc1-n1cnc(C)c1. The van der Waals surface area contributed by atoms with Gasteiger partial charge >= 0.3 is 0 Å². The van der Waals surface area contributed by atoms with Crippen LogP contribution in [0.1, 0.15) is 42.5 Å². The Balaban J connectivity index is 1.38. The molecular formula is C27H26FN5O2. The summed E-state index contributed by atoms with van der Waals surface area (Å²) in [5.41, 5.74) is 4.14. The minimum atomic E-state index is -0.680. The number of hydrazone groups is 1. The fraction of sp³-hybridized carbons (Fsp3) is 0.296. The van der Waals surface area contributed by atoms with Crippen LogP contribution < -0.4 is 4.74 Å². The molecule has 178 valence electrons. The van der Waals surface area contributed by atoms with Gasteiger partial charge in [0.1, 0.15) is 11.6 Å². The maximum atomic E-state index is 13.7. The van der Waals surface area contributed by atoms with Crippen molar-refractivity contribution < 1.29 is 13.9 Å². The van der Waals surface area contributed by atoms with Crippen molar-refractivity contribution in [1.82, 2.24) is 19.5 Å². The first kappa shape index (κ1) is 21.6. The van der Waals surface area contributed by atoms with Crippen LogP contribution >= 0.6 is 0 Å². The molecule has 0 spiro atoms. The number of fused-ring (bicyclic) bond motifs is 3. The van der Waals surface area contributed by atoms with Crippen LogP contribution in [0.25, 0.3) is 11.8 Å². The number of nitrogens with zero attached hydrogens (tertiary/aromatic N) is 5. The van der Waals surface area contributed by atoms with Gasteiger partial charge in [-0.25, -0.2) is 14.4 Å². The molecule has 3 aromatic rings. The molecular weight excluding hydrogens is 445 g/mol. The molecule has 8 heteroatoms. The normalized spacial score (nSPS) is 22.4. The van der Waals surface area contributed by atoms with Gasteiger partial charge in [-0.05, 0) is 61.2 Å². The summed E-state index contributed by atoms with van der Waals surface area (Å²) in [4.78, 5) is 19.4. The van der Waals surface area contributed by atoms with Crippen LogP contribution in [0.15, 0.2) is 65.7 Å². The highest BCUT2D eigenvalue weighted by Gasteiger charge is 2.57. The topological polar surface area (TPSA) is 63.0 Å². The number of amidine groups is 1. The molecule has 0 radical (unpaired) electrons. The number of benzene rings is 2. The highest BCUT2D eigenvalue weighted by Crippen LogP contribution is 2.49. The number of piperidine rings is 1. The van der Waals surface area contributed by atoms with Crippen LogP contribution in [0.2, 0.25) is 0 Å². The first-order valence-electron chi connectivity index (χ1n) is 11.8. The van der Waals surface area contributed by atoms with E-state index in [1.165, 1.54) is 12.1 Å². The summed E-state index contributed by atoms with van der Waals surface area (Å²) in [6.07, 6.45) is 8.72. The van der Waals surface area contributed by atoms with Crippen LogP contribution in [0.5, 0.6) is 5.75 Å². The Morgan fingerprint density at radius 3 is 2.71 bits per heavy atom. The number of rotatable bonds is 4. The zero-order chi connectivity index (χ0) is 24.2. The molecule has 0 bridgehead atoms. The van der Waals surface area contributed by atoms with Crippen molar-refractivity contribution in [2.45, 2.75) is 38.3 Å². The first-order chi connectivity index (χ1) is 17.0. The average Bonchev–Trinajstić information content (AvgIpc) is 3.54. The second-order valence-corrected chi connectivity index (χ2v) is 9.23. The van der Waals surface area contributed by atoms with E-state index in [2.05, 4.69) is 22.0 Å². The molecule has 6 rings (SSSR count). The number of carbonyl (C=O) groups excluding carboxylic acids is 1. The van der Waals surface area contributed by atoms with Crippen molar-refractivity contribution in [3.05, 3.63) is 83.2 Å². The molecule has 7 nitrogen and oxygen atoms in total. The minimum absolute atomic E-state index is 0.00257. The van der Waals surface area contributed by atoms with Gasteiger partial charge in [-0.1, -0.05) is 18.2 Å². The lowest BCUT2D eigenvalue weighted by molar-refractivity contribution is -0.133. The summed E-state index contributed by atoms with van der Waals surface area (Å²) in [6.45, 7) is 2.74. The zero-order valence-corrected chi connectivity index (χ0v) is 19.7. The second-order valence-electron chi connectivity index (χ2n) is 9.23. The Bertz CT molecular complexity index is 1380. The van der Waals surface area contributed by atoms with E-state index >= 15 is 0 Å². The molecule has 0 aliphatic carbocycles. The Morgan fingerprint density at radius 1 is 1.14 bits per heavy atom. The molecule has 4 heterocycles. The van der Waals surface area contributed by atoms with E-state index in [-0.39, 0.29) is 11.7 Å². The Labute approximate surface area is 203 Å². The van der Waals surface area contributed by atoms with Crippen molar-refractivity contribution >= 4 is 17.8 Å². The standard InChI is InChI=1S/C27H26FN5O2/c1-18-16-31(17-29-18)23-10-5-19(15-24(23)35-2)14-20-4-3-13-32-26(20)30-33-25(34)11-12-27(32,33)21-6-8-22(28)9-7-21/h5-10,14-17H,3-4,11-13H2,1-2H3. The lowest BCUT2D eigenvalue weighted by Crippen LogP contribution is -2.52. The second kappa shape index (κ2) is 8.08. The smallest absolute Gasteiger partial charge is 0.245 e. The Hall–Kier alpha value is -3.94. The summed E-state index contributed by atoms with van der Waals surface area (Å²) in [7, 11) is 1.66. The van der Waals surface area contributed by atoms with E-state index < -0.39 is 5.66 Å². The molecule has 1 amide bonds. The highest BCUT2D eigenvalue weighted by molar-refractivity contribution is 6.05. The zero-order valence-electron chi connectivity index (χ0n) is 19.7. The van der Waals surface area contributed by atoms with E-state index in [0.717, 1.165) is 59.1 Å². The van der Waals surface area contributed by atoms with Gasteiger partial charge in [0.15, 0.2) is 11.5 Å². The van der Waals surface area contributed by atoms with Crippen molar-refractivity contribution in [2.75, 3.05) is 13.7 Å². The highest BCUT2D eigenvalue weighted by atomic mass is 19.1. The fourth-order valence-corrected chi connectivity index (χ4v) is 5.51. The molecule has 1 atom stereocenters. The molecule has 2 fully saturated rings.